The second-order valence-electron chi connectivity index (χ2n) is 4.74. The average molecular weight is 271 g/mol. The molecule has 5 heteroatoms. The van der Waals surface area contributed by atoms with Crippen molar-refractivity contribution in [1.82, 2.24) is 10.2 Å². The normalized spacial score (nSPS) is 24.8. The maximum Gasteiger partial charge on any atom is 0.205 e. The van der Waals surface area contributed by atoms with E-state index in [0.29, 0.717) is 0 Å². The average Bonchev–Trinajstić information content (AvgIpc) is 2.75. The van der Waals surface area contributed by atoms with Crippen molar-refractivity contribution in [3.63, 3.8) is 0 Å². The first-order valence-corrected chi connectivity index (χ1v) is 8.32. The van der Waals surface area contributed by atoms with Crippen molar-refractivity contribution in [2.75, 3.05) is 11.9 Å². The van der Waals surface area contributed by atoms with Crippen molar-refractivity contribution in [1.29, 1.82) is 0 Å². The molecule has 1 fully saturated rings. The molecule has 2 atom stereocenters. The quantitative estimate of drug-likeness (QED) is 0.884. The zero-order valence-corrected chi connectivity index (χ0v) is 12.2. The second kappa shape index (κ2) is 6.59. The van der Waals surface area contributed by atoms with E-state index in [2.05, 4.69) is 41.1 Å². The van der Waals surface area contributed by atoms with Gasteiger partial charge in [0.15, 0.2) is 0 Å². The maximum absolute atomic E-state index is 4.22. The van der Waals surface area contributed by atoms with Gasteiger partial charge in [-0.05, 0) is 25.7 Å². The van der Waals surface area contributed by atoms with Gasteiger partial charge in [0.1, 0.15) is 5.01 Å². The van der Waals surface area contributed by atoms with E-state index in [0.717, 1.165) is 33.6 Å². The molecule has 3 nitrogen and oxygen atoms in total. The summed E-state index contributed by atoms with van der Waals surface area (Å²) in [5.41, 5.74) is 0. The van der Waals surface area contributed by atoms with Gasteiger partial charge < -0.3 is 5.32 Å². The number of rotatable bonds is 5. The van der Waals surface area contributed by atoms with E-state index in [1.165, 1.54) is 25.7 Å². The predicted molar refractivity (Wildman–Crippen MR) is 76.8 cm³/mol. The third kappa shape index (κ3) is 4.14. The van der Waals surface area contributed by atoms with Crippen LogP contribution < -0.4 is 5.32 Å². The number of thioether (sulfide) groups is 1. The lowest BCUT2D eigenvalue weighted by Gasteiger charge is -2.25. The molecule has 1 N–H and O–H groups in total. The summed E-state index contributed by atoms with van der Waals surface area (Å²) in [4.78, 5) is 0. The number of hydrogen-bond donors (Lipinski definition) is 1. The minimum absolute atomic E-state index is 0.838. The van der Waals surface area contributed by atoms with Gasteiger partial charge >= 0.3 is 0 Å². The summed E-state index contributed by atoms with van der Waals surface area (Å²) in [6, 6.07) is 0. The highest BCUT2D eigenvalue weighted by Gasteiger charge is 2.19. The van der Waals surface area contributed by atoms with Crippen LogP contribution in [0.15, 0.2) is 0 Å². The van der Waals surface area contributed by atoms with Crippen LogP contribution in [0.5, 0.6) is 0 Å². The van der Waals surface area contributed by atoms with E-state index >= 15 is 0 Å². The largest absolute Gasteiger partial charge is 0.360 e. The Labute approximate surface area is 112 Å². The van der Waals surface area contributed by atoms with E-state index in [-0.39, 0.29) is 0 Å². The molecule has 0 aliphatic heterocycles. The minimum Gasteiger partial charge on any atom is -0.360 e. The molecule has 0 amide bonds. The Hall–Kier alpha value is -0.290. The van der Waals surface area contributed by atoms with Crippen molar-refractivity contribution >= 4 is 28.2 Å². The molecule has 2 unspecified atom stereocenters. The Morgan fingerprint density at radius 3 is 3.06 bits per heavy atom. The smallest absolute Gasteiger partial charge is 0.205 e. The van der Waals surface area contributed by atoms with E-state index in [1.54, 1.807) is 11.3 Å². The molecule has 2 rings (SSSR count). The van der Waals surface area contributed by atoms with Crippen LogP contribution in [-0.2, 0) is 5.75 Å². The zero-order chi connectivity index (χ0) is 12.1. The minimum atomic E-state index is 0.838. The fourth-order valence-electron chi connectivity index (χ4n) is 2.25. The Bertz CT molecular complexity index is 340. The third-order valence-electron chi connectivity index (χ3n) is 3.13. The highest BCUT2D eigenvalue weighted by Crippen LogP contribution is 2.34. The Kier molecular flexibility index (Phi) is 5.10. The lowest BCUT2D eigenvalue weighted by atomic mass is 9.91. The molecule has 96 valence electrons. The monoisotopic (exact) mass is 271 g/mol. The molecule has 0 aromatic carbocycles. The zero-order valence-electron chi connectivity index (χ0n) is 10.6. The fraction of sp³-hybridized carbons (Fsp3) is 0.833. The van der Waals surface area contributed by atoms with E-state index in [4.69, 9.17) is 0 Å². The Morgan fingerprint density at radius 2 is 2.29 bits per heavy atom. The number of aromatic nitrogens is 2. The van der Waals surface area contributed by atoms with Gasteiger partial charge in [0.05, 0.1) is 0 Å². The van der Waals surface area contributed by atoms with Crippen molar-refractivity contribution < 1.29 is 0 Å². The van der Waals surface area contributed by atoms with Crippen LogP contribution in [-0.4, -0.2) is 22.0 Å². The number of anilines is 1. The Morgan fingerprint density at radius 1 is 1.41 bits per heavy atom. The van der Waals surface area contributed by atoms with Gasteiger partial charge in [-0.2, -0.15) is 11.8 Å². The number of nitrogens with zero attached hydrogens (tertiary/aromatic N) is 2. The molecular weight excluding hydrogens is 250 g/mol. The van der Waals surface area contributed by atoms with Crippen LogP contribution in [0.3, 0.4) is 0 Å². The second-order valence-corrected chi connectivity index (χ2v) is 7.09. The predicted octanol–water partition coefficient (Wildman–Crippen LogP) is 3.78. The summed E-state index contributed by atoms with van der Waals surface area (Å²) in [6.45, 7) is 5.38. The molecule has 0 radical (unpaired) electrons. The molecule has 0 spiro atoms. The van der Waals surface area contributed by atoms with Crippen LogP contribution in [0.25, 0.3) is 0 Å². The summed E-state index contributed by atoms with van der Waals surface area (Å²) >= 11 is 3.76. The molecule has 17 heavy (non-hydrogen) atoms. The van der Waals surface area contributed by atoms with Crippen LogP contribution in [0.4, 0.5) is 5.13 Å². The molecule has 0 bridgehead atoms. The summed E-state index contributed by atoms with van der Waals surface area (Å²) in [6.07, 6.45) is 5.58. The maximum atomic E-state index is 4.22. The van der Waals surface area contributed by atoms with E-state index in [1.807, 2.05) is 0 Å². The van der Waals surface area contributed by atoms with Crippen molar-refractivity contribution in [3.8, 4) is 0 Å². The van der Waals surface area contributed by atoms with Gasteiger partial charge in [0.2, 0.25) is 5.13 Å². The standard InChI is InChI=1S/C12H21N3S2/c1-3-13-12-15-14-11(17-12)8-16-10-6-4-5-9(2)7-10/h9-10H,3-8H2,1-2H3,(H,13,15). The molecule has 1 aliphatic rings. The van der Waals surface area contributed by atoms with Crippen LogP contribution in [0.1, 0.15) is 44.5 Å². The van der Waals surface area contributed by atoms with Crippen LogP contribution >= 0.6 is 23.1 Å². The molecule has 1 heterocycles. The van der Waals surface area contributed by atoms with Crippen molar-refractivity contribution in [2.24, 2.45) is 5.92 Å². The summed E-state index contributed by atoms with van der Waals surface area (Å²) in [5.74, 6) is 1.94. The SMILES string of the molecule is CCNc1nnc(CSC2CCCC(C)C2)s1. The van der Waals surface area contributed by atoms with Gasteiger partial charge in [-0.1, -0.05) is 31.1 Å². The first-order valence-electron chi connectivity index (χ1n) is 6.45. The molecule has 1 aromatic heterocycles. The highest BCUT2D eigenvalue weighted by molar-refractivity contribution is 7.99. The Balaban J connectivity index is 1.76. The van der Waals surface area contributed by atoms with E-state index < -0.39 is 0 Å². The summed E-state index contributed by atoms with van der Waals surface area (Å²) < 4.78 is 0. The molecule has 1 aliphatic carbocycles. The van der Waals surface area contributed by atoms with Gasteiger partial charge in [-0.3, -0.25) is 0 Å². The van der Waals surface area contributed by atoms with Gasteiger partial charge in [0.25, 0.3) is 0 Å². The topological polar surface area (TPSA) is 37.8 Å². The summed E-state index contributed by atoms with van der Waals surface area (Å²) in [7, 11) is 0. The van der Waals surface area contributed by atoms with Gasteiger partial charge in [-0.25, -0.2) is 0 Å². The summed E-state index contributed by atoms with van der Waals surface area (Å²) in [5, 5.41) is 14.5. The lowest BCUT2D eigenvalue weighted by molar-refractivity contribution is 0.394. The third-order valence-corrected chi connectivity index (χ3v) is 5.53. The van der Waals surface area contributed by atoms with Crippen molar-refractivity contribution in [2.45, 2.75) is 50.5 Å². The van der Waals surface area contributed by atoms with Crippen molar-refractivity contribution in [3.05, 3.63) is 5.01 Å². The molecule has 1 saturated carbocycles. The fourth-order valence-corrected chi connectivity index (χ4v) is 4.53. The first kappa shape index (κ1) is 13.1. The number of hydrogen-bond acceptors (Lipinski definition) is 5. The van der Waals surface area contributed by atoms with Crippen LogP contribution in [0.2, 0.25) is 0 Å². The van der Waals surface area contributed by atoms with Crippen LogP contribution in [0, 0.1) is 5.92 Å². The highest BCUT2D eigenvalue weighted by atomic mass is 32.2. The first-order chi connectivity index (χ1) is 8.28. The molecule has 1 aromatic rings. The van der Waals surface area contributed by atoms with E-state index in [9.17, 15) is 0 Å². The van der Waals surface area contributed by atoms with Gasteiger partial charge in [-0.15, -0.1) is 10.2 Å². The lowest BCUT2D eigenvalue weighted by Crippen LogP contribution is -2.15. The molecular formula is C12H21N3S2. The molecule has 0 saturated heterocycles. The number of nitrogens with one attached hydrogen (secondary N) is 1. The van der Waals surface area contributed by atoms with Gasteiger partial charge in [0, 0.05) is 17.5 Å².